The smallest absolute Gasteiger partial charge is 0.330 e. The van der Waals surface area contributed by atoms with Crippen molar-refractivity contribution in [3.63, 3.8) is 0 Å². The Morgan fingerprint density at radius 3 is 2.61 bits per heavy atom. The third kappa shape index (κ3) is 3.26. The fourth-order valence-corrected chi connectivity index (χ4v) is 2.87. The van der Waals surface area contributed by atoms with Crippen LogP contribution in [-0.2, 0) is 17.6 Å². The predicted molar refractivity (Wildman–Crippen MR) is 82.0 cm³/mol. The number of carbonyl (C=O) groups excluding carboxylic acids is 1. The topological polar surface area (TPSA) is 92.4 Å². The van der Waals surface area contributed by atoms with Crippen molar-refractivity contribution in [3.8, 4) is 0 Å². The van der Waals surface area contributed by atoms with Gasteiger partial charge in [0.05, 0.1) is 0 Å². The molecule has 1 atom stereocenters. The molecule has 1 aliphatic carbocycles. The fraction of sp³-hybridized carbons (Fsp3) is 0.353. The van der Waals surface area contributed by atoms with Crippen LogP contribution >= 0.6 is 0 Å². The van der Waals surface area contributed by atoms with E-state index in [1.807, 2.05) is 0 Å². The zero-order valence-corrected chi connectivity index (χ0v) is 12.6. The number of hydrogen-bond acceptors (Lipinski definition) is 4. The molecule has 1 aromatic heterocycles. The minimum atomic E-state index is -1.11. The molecular weight excluding hydrogens is 296 g/mol. The van der Waals surface area contributed by atoms with E-state index in [4.69, 9.17) is 4.52 Å². The molecular formula is C17H18N2O4. The number of carbonyl (C=O) groups is 2. The van der Waals surface area contributed by atoms with E-state index in [0.29, 0.717) is 5.56 Å². The summed E-state index contributed by atoms with van der Waals surface area (Å²) < 4.78 is 5.28. The number of fused-ring (bicyclic) bond motifs is 1. The molecule has 6 heteroatoms. The van der Waals surface area contributed by atoms with Crippen LogP contribution in [0.1, 0.15) is 52.7 Å². The third-order valence-corrected chi connectivity index (χ3v) is 4.07. The maximum absolute atomic E-state index is 12.5. The van der Waals surface area contributed by atoms with Crippen molar-refractivity contribution in [2.24, 2.45) is 0 Å². The van der Waals surface area contributed by atoms with Crippen LogP contribution in [0.5, 0.6) is 0 Å². The first-order chi connectivity index (χ1) is 11.2. The van der Waals surface area contributed by atoms with Gasteiger partial charge in [-0.1, -0.05) is 41.9 Å². The molecule has 1 aliphatic rings. The summed E-state index contributed by atoms with van der Waals surface area (Å²) in [4.78, 5) is 24.0. The Bertz CT molecular complexity index is 709. The summed E-state index contributed by atoms with van der Waals surface area (Å²) in [6.45, 7) is 0. The van der Waals surface area contributed by atoms with E-state index in [0.717, 1.165) is 43.4 Å². The molecule has 1 aromatic carbocycles. The van der Waals surface area contributed by atoms with Crippen molar-refractivity contribution < 1.29 is 19.2 Å². The van der Waals surface area contributed by atoms with E-state index in [2.05, 4.69) is 10.5 Å². The van der Waals surface area contributed by atoms with Crippen LogP contribution in [0.25, 0.3) is 0 Å². The second-order valence-corrected chi connectivity index (χ2v) is 5.65. The van der Waals surface area contributed by atoms with Gasteiger partial charge in [-0.25, -0.2) is 4.79 Å². The quantitative estimate of drug-likeness (QED) is 0.846. The summed E-state index contributed by atoms with van der Waals surface area (Å²) in [6, 6.07) is 7.49. The number of aliphatic carboxylic acids is 1. The summed E-state index contributed by atoms with van der Waals surface area (Å²) in [6.07, 6.45) is 4.61. The molecule has 0 spiro atoms. The fourth-order valence-electron chi connectivity index (χ4n) is 2.87. The molecule has 0 saturated heterocycles. The molecule has 1 heterocycles. The molecule has 0 fully saturated rings. The molecule has 2 N–H and O–H groups in total. The lowest BCUT2D eigenvalue weighted by Gasteiger charge is -2.14. The number of carboxylic acids is 1. The Balaban J connectivity index is 1.83. The highest BCUT2D eigenvalue weighted by molar-refractivity contribution is 5.96. The van der Waals surface area contributed by atoms with E-state index in [-0.39, 0.29) is 5.69 Å². The van der Waals surface area contributed by atoms with Gasteiger partial charge in [0.15, 0.2) is 11.7 Å². The average Bonchev–Trinajstić information content (AvgIpc) is 2.82. The van der Waals surface area contributed by atoms with Crippen molar-refractivity contribution in [1.29, 1.82) is 0 Å². The molecule has 2 aromatic rings. The highest BCUT2D eigenvalue weighted by atomic mass is 16.5. The van der Waals surface area contributed by atoms with Gasteiger partial charge < -0.3 is 14.9 Å². The lowest BCUT2D eigenvalue weighted by atomic mass is 10.1. The molecule has 0 saturated carbocycles. The van der Waals surface area contributed by atoms with E-state index < -0.39 is 17.9 Å². The first-order valence-corrected chi connectivity index (χ1v) is 7.73. The number of amides is 1. The SMILES string of the molecule is O=C(N[C@@H](C(=O)O)c1ccccc1)c1noc2c1CCCCC2. The Morgan fingerprint density at radius 2 is 1.87 bits per heavy atom. The zero-order valence-electron chi connectivity index (χ0n) is 12.6. The number of hydrogen-bond donors (Lipinski definition) is 2. The molecule has 0 aliphatic heterocycles. The van der Waals surface area contributed by atoms with Crippen molar-refractivity contribution in [2.75, 3.05) is 0 Å². The first kappa shape index (κ1) is 15.3. The Kier molecular flexibility index (Phi) is 4.41. The van der Waals surface area contributed by atoms with Crippen LogP contribution in [0.15, 0.2) is 34.9 Å². The van der Waals surface area contributed by atoms with E-state index in [9.17, 15) is 14.7 Å². The standard InChI is InChI=1S/C17H18N2O4/c20-16(15-12-9-5-2-6-10-13(12)23-19-15)18-14(17(21)22)11-7-3-1-4-8-11/h1,3-4,7-8,14H,2,5-6,9-10H2,(H,18,20)(H,21,22)/t14-/m1/s1. The van der Waals surface area contributed by atoms with Crippen LogP contribution in [-0.4, -0.2) is 22.1 Å². The van der Waals surface area contributed by atoms with Gasteiger partial charge in [0.1, 0.15) is 5.76 Å². The monoisotopic (exact) mass is 314 g/mol. The summed E-state index contributed by atoms with van der Waals surface area (Å²) in [5, 5.41) is 15.8. The van der Waals surface area contributed by atoms with Gasteiger partial charge in [0.2, 0.25) is 0 Å². The largest absolute Gasteiger partial charge is 0.479 e. The average molecular weight is 314 g/mol. The van der Waals surface area contributed by atoms with Gasteiger partial charge in [-0.15, -0.1) is 0 Å². The molecule has 1 amide bonds. The molecule has 3 rings (SSSR count). The summed E-state index contributed by atoms with van der Waals surface area (Å²) >= 11 is 0. The number of benzene rings is 1. The van der Waals surface area contributed by atoms with Crippen LogP contribution in [0, 0.1) is 0 Å². The van der Waals surface area contributed by atoms with Gasteiger partial charge in [-0.3, -0.25) is 4.79 Å². The maximum atomic E-state index is 12.5. The van der Waals surface area contributed by atoms with Gasteiger partial charge >= 0.3 is 5.97 Å². The van der Waals surface area contributed by atoms with Crippen LogP contribution in [0.4, 0.5) is 0 Å². The Hall–Kier alpha value is -2.63. The summed E-state index contributed by atoms with van der Waals surface area (Å²) in [5.41, 5.74) is 1.55. The maximum Gasteiger partial charge on any atom is 0.330 e. The van der Waals surface area contributed by atoms with Crippen LogP contribution < -0.4 is 5.32 Å². The highest BCUT2D eigenvalue weighted by Crippen LogP contribution is 2.24. The molecule has 0 unspecified atom stereocenters. The predicted octanol–water partition coefficient (Wildman–Crippen LogP) is 2.50. The number of carboxylic acid groups (broad SMARTS) is 1. The molecule has 23 heavy (non-hydrogen) atoms. The number of nitrogens with zero attached hydrogens (tertiary/aromatic N) is 1. The van der Waals surface area contributed by atoms with Gasteiger partial charge in [-0.05, 0) is 24.8 Å². The minimum absolute atomic E-state index is 0.212. The van der Waals surface area contributed by atoms with E-state index in [1.54, 1.807) is 30.3 Å². The zero-order chi connectivity index (χ0) is 16.2. The third-order valence-electron chi connectivity index (χ3n) is 4.07. The lowest BCUT2D eigenvalue weighted by molar-refractivity contribution is -0.139. The molecule has 0 radical (unpaired) electrons. The first-order valence-electron chi connectivity index (χ1n) is 7.73. The molecule has 0 bridgehead atoms. The number of rotatable bonds is 4. The van der Waals surface area contributed by atoms with Gasteiger partial charge in [-0.2, -0.15) is 0 Å². The Morgan fingerprint density at radius 1 is 1.13 bits per heavy atom. The van der Waals surface area contributed by atoms with Crippen LogP contribution in [0.3, 0.4) is 0 Å². The molecule has 120 valence electrons. The highest BCUT2D eigenvalue weighted by Gasteiger charge is 2.27. The van der Waals surface area contributed by atoms with Crippen molar-refractivity contribution >= 4 is 11.9 Å². The second-order valence-electron chi connectivity index (χ2n) is 5.65. The second kappa shape index (κ2) is 6.64. The summed E-state index contributed by atoms with van der Waals surface area (Å²) in [5.74, 6) is -0.869. The number of aromatic nitrogens is 1. The lowest BCUT2D eigenvalue weighted by Crippen LogP contribution is -2.34. The van der Waals surface area contributed by atoms with E-state index >= 15 is 0 Å². The minimum Gasteiger partial charge on any atom is -0.479 e. The summed E-state index contributed by atoms with van der Waals surface area (Å²) in [7, 11) is 0. The molecule has 6 nitrogen and oxygen atoms in total. The van der Waals surface area contributed by atoms with E-state index in [1.165, 1.54) is 0 Å². The van der Waals surface area contributed by atoms with Gasteiger partial charge in [0, 0.05) is 12.0 Å². The van der Waals surface area contributed by atoms with Crippen LogP contribution in [0.2, 0.25) is 0 Å². The van der Waals surface area contributed by atoms with Crippen molar-refractivity contribution in [2.45, 2.75) is 38.1 Å². The van der Waals surface area contributed by atoms with Gasteiger partial charge in [0.25, 0.3) is 5.91 Å². The van der Waals surface area contributed by atoms with Crippen molar-refractivity contribution in [3.05, 3.63) is 52.9 Å². The Labute approximate surface area is 133 Å². The number of nitrogens with one attached hydrogen (secondary N) is 1. The van der Waals surface area contributed by atoms with Crippen molar-refractivity contribution in [1.82, 2.24) is 10.5 Å². The number of aryl methyl sites for hydroxylation is 1. The normalized spacial score (nSPS) is 15.3.